The number of carbonyl (C=O) groups excluding carboxylic acids is 2. The van der Waals surface area contributed by atoms with E-state index in [1.165, 1.54) is 7.05 Å². The largest absolute Gasteiger partial charge is 0.380 e. The minimum Gasteiger partial charge on any atom is -0.380 e. The first-order valence-corrected chi connectivity index (χ1v) is 7.04. The lowest BCUT2D eigenvalue weighted by Gasteiger charge is -2.27. The first kappa shape index (κ1) is 16.4. The Labute approximate surface area is 126 Å². The van der Waals surface area contributed by atoms with E-state index in [-0.39, 0.29) is 12.2 Å². The summed E-state index contributed by atoms with van der Waals surface area (Å²) in [6.45, 7) is -0.306. The number of halogens is 2. The topological polar surface area (TPSA) is 69.6 Å². The summed E-state index contributed by atoms with van der Waals surface area (Å²) in [7, 11) is 1.41. The predicted octanol–water partition coefficient (Wildman–Crippen LogP) is 1.67. The predicted molar refractivity (Wildman–Crippen MR) is 76.0 cm³/mol. The molecule has 0 atom stereocenters. The molecule has 0 spiro atoms. The third-order valence-corrected chi connectivity index (χ3v) is 3.70. The molecule has 120 valence electrons. The molecule has 0 bridgehead atoms. The van der Waals surface area contributed by atoms with Crippen molar-refractivity contribution >= 4 is 17.5 Å². The molecule has 0 aliphatic heterocycles. The first-order valence-electron chi connectivity index (χ1n) is 7.04. The fourth-order valence-electron chi connectivity index (χ4n) is 2.64. The number of aliphatic hydroxyl groups is 1. The maximum atomic E-state index is 13.0. The standard InChI is InChI=1S/C15H18F2N2O3/c1-19(14(21)15(22)4-2-3-5-15)9-13(20)18-12-7-10(16)6-11(17)8-12/h6-8,22H,2-5,9H2,1H3,(H,18,20). The van der Waals surface area contributed by atoms with Crippen LogP contribution in [-0.4, -0.2) is 41.0 Å². The molecule has 0 radical (unpaired) electrons. The van der Waals surface area contributed by atoms with Crippen LogP contribution < -0.4 is 5.32 Å². The highest BCUT2D eigenvalue weighted by atomic mass is 19.1. The zero-order valence-electron chi connectivity index (χ0n) is 12.2. The molecule has 0 aromatic heterocycles. The minimum absolute atomic E-state index is 0.0251. The summed E-state index contributed by atoms with van der Waals surface area (Å²) in [6.07, 6.45) is 2.30. The fraction of sp³-hybridized carbons (Fsp3) is 0.467. The Bertz CT molecular complexity index is 566. The van der Waals surface area contributed by atoms with Crippen LogP contribution in [-0.2, 0) is 9.59 Å². The third kappa shape index (κ3) is 3.79. The van der Waals surface area contributed by atoms with Crippen LogP contribution in [0, 0.1) is 11.6 Å². The molecule has 7 heteroatoms. The number of amides is 2. The van der Waals surface area contributed by atoms with E-state index < -0.39 is 29.0 Å². The number of nitrogens with one attached hydrogen (secondary N) is 1. The smallest absolute Gasteiger partial charge is 0.254 e. The van der Waals surface area contributed by atoms with Gasteiger partial charge in [0.15, 0.2) is 0 Å². The molecule has 0 saturated heterocycles. The molecule has 1 aromatic rings. The summed E-state index contributed by atoms with van der Waals surface area (Å²) < 4.78 is 26.1. The second-order valence-corrected chi connectivity index (χ2v) is 5.61. The molecule has 22 heavy (non-hydrogen) atoms. The molecule has 5 nitrogen and oxygen atoms in total. The summed E-state index contributed by atoms with van der Waals surface area (Å²) in [5.41, 5.74) is -1.43. The lowest BCUT2D eigenvalue weighted by atomic mass is 10.0. The van der Waals surface area contributed by atoms with Gasteiger partial charge in [-0.05, 0) is 37.8 Å². The Morgan fingerprint density at radius 1 is 1.23 bits per heavy atom. The normalized spacial score (nSPS) is 16.4. The van der Waals surface area contributed by atoms with Crippen LogP contribution in [0.3, 0.4) is 0 Å². The Morgan fingerprint density at radius 3 is 2.32 bits per heavy atom. The third-order valence-electron chi connectivity index (χ3n) is 3.70. The van der Waals surface area contributed by atoms with E-state index in [4.69, 9.17) is 0 Å². The fourth-order valence-corrected chi connectivity index (χ4v) is 2.64. The lowest BCUT2D eigenvalue weighted by Crippen LogP contribution is -2.48. The van der Waals surface area contributed by atoms with Crippen molar-refractivity contribution in [2.24, 2.45) is 0 Å². The number of anilines is 1. The summed E-state index contributed by atoms with van der Waals surface area (Å²) >= 11 is 0. The van der Waals surface area contributed by atoms with Gasteiger partial charge in [-0.15, -0.1) is 0 Å². The van der Waals surface area contributed by atoms with Gasteiger partial charge >= 0.3 is 0 Å². The number of benzene rings is 1. The molecular formula is C15H18F2N2O3. The van der Waals surface area contributed by atoms with Gasteiger partial charge in [0.05, 0.1) is 6.54 Å². The van der Waals surface area contributed by atoms with E-state index in [0.717, 1.165) is 29.9 Å². The highest BCUT2D eigenvalue weighted by Crippen LogP contribution is 2.30. The quantitative estimate of drug-likeness (QED) is 0.888. The van der Waals surface area contributed by atoms with E-state index in [2.05, 4.69) is 5.32 Å². The first-order chi connectivity index (χ1) is 10.3. The van der Waals surface area contributed by atoms with Gasteiger partial charge in [-0.3, -0.25) is 9.59 Å². The van der Waals surface area contributed by atoms with Gasteiger partial charge in [-0.1, -0.05) is 0 Å². The molecular weight excluding hydrogens is 294 g/mol. The maximum Gasteiger partial charge on any atom is 0.254 e. The van der Waals surface area contributed by atoms with Crippen LogP contribution in [0.2, 0.25) is 0 Å². The Kier molecular flexibility index (Phi) is 4.75. The molecule has 2 N–H and O–H groups in total. The molecule has 2 amide bonds. The average Bonchev–Trinajstić information content (AvgIpc) is 2.84. The number of carbonyl (C=O) groups is 2. The second-order valence-electron chi connectivity index (χ2n) is 5.61. The number of likely N-dealkylation sites (N-methyl/N-ethyl adjacent to an activating group) is 1. The highest BCUT2D eigenvalue weighted by molar-refractivity contribution is 5.95. The Hall–Kier alpha value is -2.02. The molecule has 2 rings (SSSR count). The van der Waals surface area contributed by atoms with Gasteiger partial charge in [0.25, 0.3) is 5.91 Å². The number of rotatable bonds is 4. The van der Waals surface area contributed by atoms with Gasteiger partial charge in [0.2, 0.25) is 5.91 Å². The zero-order valence-corrected chi connectivity index (χ0v) is 12.2. The van der Waals surface area contributed by atoms with Crippen molar-refractivity contribution in [2.75, 3.05) is 18.9 Å². The molecule has 0 heterocycles. The van der Waals surface area contributed by atoms with Crippen LogP contribution in [0.25, 0.3) is 0 Å². The summed E-state index contributed by atoms with van der Waals surface area (Å²) in [4.78, 5) is 25.1. The monoisotopic (exact) mass is 312 g/mol. The molecule has 1 aliphatic rings. The summed E-state index contributed by atoms with van der Waals surface area (Å²) in [5, 5.41) is 12.5. The molecule has 1 saturated carbocycles. The molecule has 1 aromatic carbocycles. The van der Waals surface area contributed by atoms with E-state index in [0.29, 0.717) is 18.9 Å². The van der Waals surface area contributed by atoms with Crippen molar-refractivity contribution in [3.8, 4) is 0 Å². The van der Waals surface area contributed by atoms with E-state index in [9.17, 15) is 23.5 Å². The van der Waals surface area contributed by atoms with Crippen LogP contribution in [0.5, 0.6) is 0 Å². The van der Waals surface area contributed by atoms with Crippen LogP contribution >= 0.6 is 0 Å². The molecule has 1 aliphatic carbocycles. The van der Waals surface area contributed by atoms with Gasteiger partial charge in [0, 0.05) is 18.8 Å². The molecule has 1 fully saturated rings. The highest BCUT2D eigenvalue weighted by Gasteiger charge is 2.40. The lowest BCUT2D eigenvalue weighted by molar-refractivity contribution is -0.150. The van der Waals surface area contributed by atoms with E-state index in [1.807, 2.05) is 0 Å². The Morgan fingerprint density at radius 2 is 1.77 bits per heavy atom. The van der Waals surface area contributed by atoms with Gasteiger partial charge < -0.3 is 15.3 Å². The maximum absolute atomic E-state index is 13.0. The average molecular weight is 312 g/mol. The van der Waals surface area contributed by atoms with E-state index in [1.54, 1.807) is 0 Å². The van der Waals surface area contributed by atoms with Crippen molar-refractivity contribution in [3.63, 3.8) is 0 Å². The Balaban J connectivity index is 1.95. The number of hydrogen-bond donors (Lipinski definition) is 2. The van der Waals surface area contributed by atoms with Crippen LogP contribution in [0.15, 0.2) is 18.2 Å². The van der Waals surface area contributed by atoms with Crippen molar-refractivity contribution in [2.45, 2.75) is 31.3 Å². The van der Waals surface area contributed by atoms with Crippen molar-refractivity contribution < 1.29 is 23.5 Å². The SMILES string of the molecule is CN(CC(=O)Nc1cc(F)cc(F)c1)C(=O)C1(O)CCCC1. The second kappa shape index (κ2) is 6.39. The van der Waals surface area contributed by atoms with Crippen molar-refractivity contribution in [3.05, 3.63) is 29.8 Å². The number of hydrogen-bond acceptors (Lipinski definition) is 3. The minimum atomic E-state index is -1.40. The van der Waals surface area contributed by atoms with Crippen LogP contribution in [0.4, 0.5) is 14.5 Å². The van der Waals surface area contributed by atoms with Crippen LogP contribution in [0.1, 0.15) is 25.7 Å². The van der Waals surface area contributed by atoms with Crippen molar-refractivity contribution in [1.82, 2.24) is 4.90 Å². The van der Waals surface area contributed by atoms with Crippen molar-refractivity contribution in [1.29, 1.82) is 0 Å². The van der Waals surface area contributed by atoms with Gasteiger partial charge in [0.1, 0.15) is 17.2 Å². The zero-order chi connectivity index (χ0) is 16.3. The van der Waals surface area contributed by atoms with Gasteiger partial charge in [-0.2, -0.15) is 0 Å². The summed E-state index contributed by atoms with van der Waals surface area (Å²) in [6, 6.07) is 2.65. The molecule has 0 unspecified atom stereocenters. The number of nitrogens with zero attached hydrogens (tertiary/aromatic N) is 1. The van der Waals surface area contributed by atoms with Gasteiger partial charge in [-0.25, -0.2) is 8.78 Å². The van der Waals surface area contributed by atoms with E-state index >= 15 is 0 Å². The summed E-state index contributed by atoms with van der Waals surface area (Å²) in [5.74, 6) is -2.71.